The maximum atomic E-state index is 13.9. The zero-order chi connectivity index (χ0) is 24.5. The Hall–Kier alpha value is -3.20. The molecule has 0 aliphatic carbocycles. The molecule has 1 heterocycles. The van der Waals surface area contributed by atoms with Crippen molar-refractivity contribution in [3.8, 4) is 11.5 Å². The number of nitrogen functional groups attached to an aromatic ring is 2. The predicted molar refractivity (Wildman–Crippen MR) is 129 cm³/mol. The van der Waals surface area contributed by atoms with Crippen LogP contribution < -0.4 is 20.9 Å². The van der Waals surface area contributed by atoms with Crippen LogP contribution in [0.4, 0.5) is 8.78 Å². The number of nitrogens with one attached hydrogen (secondary N) is 2. The Bertz CT molecular complexity index is 914. The van der Waals surface area contributed by atoms with Crippen LogP contribution in [-0.2, 0) is 0 Å². The zero-order valence-corrected chi connectivity index (χ0v) is 19.3. The highest BCUT2D eigenvalue weighted by atomic mass is 19.1. The molecule has 0 saturated carbocycles. The molecule has 1 aliphatic rings. The van der Waals surface area contributed by atoms with Gasteiger partial charge in [-0.25, -0.2) is 8.78 Å². The molecule has 0 unspecified atom stereocenters. The van der Waals surface area contributed by atoms with E-state index < -0.39 is 11.6 Å². The van der Waals surface area contributed by atoms with Crippen LogP contribution in [0.3, 0.4) is 0 Å². The molecule has 1 fully saturated rings. The van der Waals surface area contributed by atoms with E-state index in [0.29, 0.717) is 30.6 Å². The Labute approximate surface area is 199 Å². The molecule has 0 atom stereocenters. The summed E-state index contributed by atoms with van der Waals surface area (Å²) in [6.07, 6.45) is 5.12. The number of nitrogens with two attached hydrogens (primary N) is 2. The van der Waals surface area contributed by atoms with E-state index in [9.17, 15) is 8.78 Å². The van der Waals surface area contributed by atoms with Gasteiger partial charge in [0, 0.05) is 18.7 Å². The molecular formula is C25H33F2N5O2. The first-order valence-electron chi connectivity index (χ1n) is 11.6. The Morgan fingerprint density at radius 2 is 1.35 bits per heavy atom. The number of piperidine rings is 1. The average molecular weight is 474 g/mol. The summed E-state index contributed by atoms with van der Waals surface area (Å²) in [5.41, 5.74) is 10.8. The van der Waals surface area contributed by atoms with E-state index in [1.165, 1.54) is 24.3 Å². The Balaban J connectivity index is 1.26. The predicted octanol–water partition coefficient (Wildman–Crippen LogP) is 3.87. The van der Waals surface area contributed by atoms with E-state index in [4.69, 9.17) is 31.8 Å². The molecule has 2 aromatic rings. The van der Waals surface area contributed by atoms with Crippen LogP contribution in [0, 0.1) is 28.4 Å². The highest BCUT2D eigenvalue weighted by molar-refractivity contribution is 5.95. The number of nitrogens with zero attached hydrogens (tertiary/aromatic N) is 1. The number of benzene rings is 2. The van der Waals surface area contributed by atoms with E-state index >= 15 is 0 Å². The Morgan fingerprint density at radius 3 is 1.82 bits per heavy atom. The van der Waals surface area contributed by atoms with Crippen molar-refractivity contribution in [2.45, 2.75) is 32.1 Å². The maximum absolute atomic E-state index is 13.9. The first-order valence-corrected chi connectivity index (χ1v) is 11.6. The smallest absolute Gasteiger partial charge is 0.137 e. The summed E-state index contributed by atoms with van der Waals surface area (Å²) >= 11 is 0. The third kappa shape index (κ3) is 7.41. The first-order chi connectivity index (χ1) is 16.3. The monoisotopic (exact) mass is 473 g/mol. The van der Waals surface area contributed by atoms with Crippen LogP contribution in [-0.4, -0.2) is 49.4 Å². The molecule has 34 heavy (non-hydrogen) atoms. The molecule has 184 valence electrons. The standard InChI is InChI=1S/C25H33F2N5O2/c26-22-15-18(4-6-20(22)24(28)29)33-13-1-3-17-8-11-32(12-9-17)10-2-14-34-19-5-7-21(25(30)31)23(27)16-19/h4-7,15-17H,1-3,8-14H2,(H3,28,29)(H3,30,31). The Kier molecular flexibility index (Phi) is 9.21. The lowest BCUT2D eigenvalue weighted by Crippen LogP contribution is -2.35. The molecule has 9 heteroatoms. The van der Waals surface area contributed by atoms with E-state index in [-0.39, 0.29) is 22.8 Å². The van der Waals surface area contributed by atoms with Gasteiger partial charge in [-0.3, -0.25) is 10.8 Å². The van der Waals surface area contributed by atoms with Crippen LogP contribution in [0.2, 0.25) is 0 Å². The molecular weight excluding hydrogens is 440 g/mol. The summed E-state index contributed by atoms with van der Waals surface area (Å²) < 4.78 is 39.0. The van der Waals surface area contributed by atoms with Gasteiger partial charge in [0.2, 0.25) is 0 Å². The van der Waals surface area contributed by atoms with Crippen molar-refractivity contribution in [2.24, 2.45) is 17.4 Å². The maximum Gasteiger partial charge on any atom is 0.137 e. The zero-order valence-electron chi connectivity index (χ0n) is 19.3. The molecule has 0 aromatic heterocycles. The number of halogens is 2. The first kappa shape index (κ1) is 25.4. The van der Waals surface area contributed by atoms with Crippen LogP contribution >= 0.6 is 0 Å². The van der Waals surface area contributed by atoms with Crippen molar-refractivity contribution in [3.63, 3.8) is 0 Å². The fraction of sp³-hybridized carbons (Fsp3) is 0.440. The van der Waals surface area contributed by atoms with Gasteiger partial charge < -0.3 is 25.8 Å². The summed E-state index contributed by atoms with van der Waals surface area (Å²) in [6.45, 7) is 4.07. The minimum atomic E-state index is -0.546. The average Bonchev–Trinajstić information content (AvgIpc) is 2.80. The number of hydrogen-bond acceptors (Lipinski definition) is 5. The summed E-state index contributed by atoms with van der Waals surface area (Å²) in [7, 11) is 0. The van der Waals surface area contributed by atoms with Crippen molar-refractivity contribution >= 4 is 11.7 Å². The van der Waals surface area contributed by atoms with Crippen molar-refractivity contribution in [1.29, 1.82) is 10.8 Å². The van der Waals surface area contributed by atoms with E-state index in [2.05, 4.69) is 4.90 Å². The van der Waals surface area contributed by atoms with Crippen LogP contribution in [0.15, 0.2) is 36.4 Å². The van der Waals surface area contributed by atoms with E-state index in [0.717, 1.165) is 51.7 Å². The second kappa shape index (κ2) is 12.3. The van der Waals surface area contributed by atoms with E-state index in [1.807, 2.05) is 0 Å². The quantitative estimate of drug-likeness (QED) is 0.212. The normalized spacial score (nSPS) is 14.6. The molecule has 0 radical (unpaired) electrons. The lowest BCUT2D eigenvalue weighted by molar-refractivity contribution is 0.161. The molecule has 0 bridgehead atoms. The van der Waals surface area contributed by atoms with Crippen molar-refractivity contribution < 1.29 is 18.3 Å². The summed E-state index contributed by atoms with van der Waals surface area (Å²) in [6, 6.07) is 8.74. The van der Waals surface area contributed by atoms with Gasteiger partial charge in [0.05, 0.1) is 24.3 Å². The van der Waals surface area contributed by atoms with Crippen molar-refractivity contribution in [2.75, 3.05) is 32.8 Å². The fourth-order valence-corrected chi connectivity index (χ4v) is 4.15. The third-order valence-electron chi connectivity index (χ3n) is 6.08. The molecule has 0 spiro atoms. The highest BCUT2D eigenvalue weighted by Gasteiger charge is 2.18. The minimum Gasteiger partial charge on any atom is -0.493 e. The number of amidine groups is 2. The SMILES string of the molecule is N=C(N)c1ccc(OCCCC2CCN(CCCOc3ccc(C(=N)N)c(F)c3)CC2)cc1F. The number of likely N-dealkylation sites (tertiary alicyclic amines) is 1. The van der Waals surface area contributed by atoms with Gasteiger partial charge in [-0.2, -0.15) is 0 Å². The van der Waals surface area contributed by atoms with Gasteiger partial charge in [-0.15, -0.1) is 0 Å². The van der Waals surface area contributed by atoms with Gasteiger partial charge in [-0.1, -0.05) is 0 Å². The molecule has 7 nitrogen and oxygen atoms in total. The molecule has 2 aromatic carbocycles. The van der Waals surface area contributed by atoms with E-state index in [1.54, 1.807) is 12.1 Å². The van der Waals surface area contributed by atoms with Crippen molar-refractivity contribution in [3.05, 3.63) is 59.2 Å². The lowest BCUT2D eigenvalue weighted by atomic mass is 9.92. The molecule has 1 saturated heterocycles. The summed E-state index contributed by atoms with van der Waals surface area (Å²) in [5.74, 6) is -0.111. The molecule has 6 N–H and O–H groups in total. The summed E-state index contributed by atoms with van der Waals surface area (Å²) in [4.78, 5) is 2.43. The van der Waals surface area contributed by atoms with Gasteiger partial charge in [0.1, 0.15) is 34.8 Å². The topological polar surface area (TPSA) is 121 Å². The lowest BCUT2D eigenvalue weighted by Gasteiger charge is -2.32. The fourth-order valence-electron chi connectivity index (χ4n) is 4.15. The minimum absolute atomic E-state index is 0.0824. The molecule has 0 amide bonds. The van der Waals surface area contributed by atoms with Crippen molar-refractivity contribution in [1.82, 2.24) is 4.90 Å². The highest BCUT2D eigenvalue weighted by Crippen LogP contribution is 2.23. The van der Waals surface area contributed by atoms with Crippen LogP contribution in [0.25, 0.3) is 0 Å². The number of hydrogen-bond donors (Lipinski definition) is 4. The number of rotatable bonds is 12. The van der Waals surface area contributed by atoms with Gasteiger partial charge >= 0.3 is 0 Å². The number of ether oxygens (including phenoxy) is 2. The van der Waals surface area contributed by atoms with Crippen LogP contribution in [0.1, 0.15) is 43.2 Å². The van der Waals surface area contributed by atoms with Gasteiger partial charge in [-0.05, 0) is 75.4 Å². The van der Waals surface area contributed by atoms with Crippen LogP contribution in [0.5, 0.6) is 11.5 Å². The largest absolute Gasteiger partial charge is 0.493 e. The second-order valence-corrected chi connectivity index (χ2v) is 8.59. The Morgan fingerprint density at radius 1 is 0.853 bits per heavy atom. The third-order valence-corrected chi connectivity index (χ3v) is 6.08. The summed E-state index contributed by atoms with van der Waals surface area (Å²) in [5, 5.41) is 14.6. The van der Waals surface area contributed by atoms with Gasteiger partial charge in [0.25, 0.3) is 0 Å². The second-order valence-electron chi connectivity index (χ2n) is 8.59. The molecule has 1 aliphatic heterocycles. The molecule has 3 rings (SSSR count). The van der Waals surface area contributed by atoms with Gasteiger partial charge in [0.15, 0.2) is 0 Å².